The lowest BCUT2D eigenvalue weighted by Gasteiger charge is -2.67. The van der Waals surface area contributed by atoms with Gasteiger partial charge in [-0.1, -0.05) is 160 Å². The normalized spacial score (nSPS) is 25.7. The third-order valence-corrected chi connectivity index (χ3v) is 18.3. The molecule has 2 saturated carbocycles. The number of benzene rings is 6. The molecule has 0 aromatic heterocycles. The third kappa shape index (κ3) is 13.2. The minimum Gasteiger partial charge on any atom is -0.492 e. The van der Waals surface area contributed by atoms with Crippen molar-refractivity contribution in [1.82, 2.24) is 10.2 Å². The lowest BCUT2D eigenvalue weighted by molar-refractivity contribution is -0.346. The molecule has 3 aliphatic carbocycles. The minimum atomic E-state index is -2.39. The molecule has 90 heavy (non-hydrogen) atoms. The van der Waals surface area contributed by atoms with Gasteiger partial charge in [0.2, 0.25) is 0 Å². The maximum Gasteiger partial charge on any atom is 0.338 e. The summed E-state index contributed by atoms with van der Waals surface area (Å²) in [5, 5.41) is 40.2. The number of hydrogen-bond donors (Lipinski definition) is 4. The van der Waals surface area contributed by atoms with E-state index in [4.69, 9.17) is 28.4 Å². The standard InChI is InChI=1S/C47H51NO14.C26H29NO/c1-25-31(60-43(56)36(52)35(28-16-10-7-11-17-28)48-41(54)29-18-12-8-13-19-29)23-47(57)40(61-42(55)30-20-14-9-15-21-30)38-45(6,32(51)22-33-46(38,24-58-33)62-27(3)50)39(53)37(59-26(2)49)34(25)44(47,4)5;1-4-25(21-11-7-5-8-12-21)26(22-13-9-6-10-14-22)23-15-17-24(18-16-23)28-20-19-27(2)3/h7-21,31-33,35-38,40,51-52,57H,22-24H2,1-6H3,(H,48,54);5-18H,4,19-20H2,1-3H3/b;26-25-/t31-,32-,33+,35-,36+,37+,38-,40-,45+,46-,47+;/m0./s1. The largest absolute Gasteiger partial charge is 0.492 e. The van der Waals surface area contributed by atoms with E-state index in [1.54, 1.807) is 92.7 Å². The summed E-state index contributed by atoms with van der Waals surface area (Å²) < 4.78 is 36.1. The summed E-state index contributed by atoms with van der Waals surface area (Å²) in [5.74, 6) is -5.93. The van der Waals surface area contributed by atoms with Gasteiger partial charge in [-0.25, -0.2) is 9.59 Å². The van der Waals surface area contributed by atoms with Crippen molar-refractivity contribution in [3.63, 3.8) is 0 Å². The Bertz CT molecular complexity index is 3600. The number of ketones is 1. The number of allylic oxidation sites excluding steroid dienone is 1. The highest BCUT2D eigenvalue weighted by atomic mass is 16.6. The van der Waals surface area contributed by atoms with Crippen molar-refractivity contribution in [2.24, 2.45) is 16.7 Å². The number of nitrogens with zero attached hydrogens (tertiary/aromatic N) is 1. The molecule has 11 atom stereocenters. The third-order valence-electron chi connectivity index (χ3n) is 18.3. The maximum atomic E-state index is 15.5. The molecule has 0 radical (unpaired) electrons. The van der Waals surface area contributed by atoms with E-state index in [0.717, 1.165) is 32.6 Å². The van der Waals surface area contributed by atoms with Crippen LogP contribution in [-0.4, -0.2) is 137 Å². The molecule has 1 amide bonds. The summed E-state index contributed by atoms with van der Waals surface area (Å²) in [7, 11) is 4.11. The number of likely N-dealkylation sites (N-methyl/N-ethyl adjacent to an activating group) is 1. The number of carbonyl (C=O) groups is 6. The summed E-state index contributed by atoms with van der Waals surface area (Å²) in [6.45, 7) is 11.8. The molecule has 4 N–H and O–H groups in total. The highest BCUT2D eigenvalue weighted by molar-refractivity contribution is 5.99. The van der Waals surface area contributed by atoms with Gasteiger partial charge in [-0.05, 0) is 115 Å². The first-order valence-corrected chi connectivity index (χ1v) is 30.4. The molecule has 6 aromatic carbocycles. The first kappa shape index (κ1) is 65.9. The molecule has 1 saturated heterocycles. The average Bonchev–Trinajstić information content (AvgIpc) is 0.671. The second kappa shape index (κ2) is 27.7. The van der Waals surface area contributed by atoms with Gasteiger partial charge in [0.15, 0.2) is 23.6 Å². The summed E-state index contributed by atoms with van der Waals surface area (Å²) in [6, 6.07) is 52.8. The number of amides is 1. The van der Waals surface area contributed by atoms with E-state index in [1.165, 1.54) is 53.8 Å². The van der Waals surface area contributed by atoms with Crippen LogP contribution in [0.1, 0.15) is 117 Å². The van der Waals surface area contributed by atoms with E-state index in [-0.39, 0.29) is 35.3 Å². The van der Waals surface area contributed by atoms with Gasteiger partial charge >= 0.3 is 23.9 Å². The Morgan fingerprint density at radius 2 is 1.23 bits per heavy atom. The molecule has 10 rings (SSSR count). The van der Waals surface area contributed by atoms with Crippen LogP contribution in [0.4, 0.5) is 0 Å². The highest BCUT2D eigenvalue weighted by Crippen LogP contribution is 2.64. The average molecular weight is 1230 g/mol. The van der Waals surface area contributed by atoms with Crippen LogP contribution in [-0.2, 0) is 42.9 Å². The topological polar surface area (TPSA) is 234 Å². The quantitative estimate of drug-likeness (QED) is 0.0271. The molecule has 1 aliphatic heterocycles. The first-order chi connectivity index (χ1) is 43.0. The van der Waals surface area contributed by atoms with Crippen molar-refractivity contribution in [2.75, 3.05) is 33.9 Å². The van der Waals surface area contributed by atoms with Crippen molar-refractivity contribution in [1.29, 1.82) is 0 Å². The summed E-state index contributed by atoms with van der Waals surface area (Å²) in [5.41, 5.74) is -0.650. The molecule has 1 heterocycles. The fourth-order valence-corrected chi connectivity index (χ4v) is 13.5. The maximum absolute atomic E-state index is 15.5. The van der Waals surface area contributed by atoms with Gasteiger partial charge in [-0.15, -0.1) is 0 Å². The van der Waals surface area contributed by atoms with Crippen LogP contribution < -0.4 is 10.1 Å². The molecular weight excluding hydrogens is 1140 g/mol. The van der Waals surface area contributed by atoms with Crippen LogP contribution in [0.25, 0.3) is 11.1 Å². The summed E-state index contributed by atoms with van der Waals surface area (Å²) in [4.78, 5) is 85.6. The van der Waals surface area contributed by atoms with Crippen molar-refractivity contribution < 1.29 is 72.5 Å². The number of aliphatic hydroxyl groups excluding tert-OH is 2. The molecular formula is C73H80N2O15. The highest BCUT2D eigenvalue weighted by Gasteiger charge is 2.78. The van der Waals surface area contributed by atoms with Gasteiger partial charge in [-0.3, -0.25) is 19.2 Å². The van der Waals surface area contributed by atoms with E-state index in [2.05, 4.69) is 116 Å². The minimum absolute atomic E-state index is 0.00289. The van der Waals surface area contributed by atoms with Gasteiger partial charge in [-0.2, -0.15) is 0 Å². The van der Waals surface area contributed by atoms with Crippen molar-refractivity contribution in [3.05, 3.63) is 220 Å². The van der Waals surface area contributed by atoms with Gasteiger partial charge < -0.3 is 54.0 Å². The summed E-state index contributed by atoms with van der Waals surface area (Å²) in [6.07, 6.45) is -9.54. The van der Waals surface area contributed by atoms with Crippen molar-refractivity contribution >= 4 is 46.7 Å². The molecule has 3 fully saturated rings. The molecule has 17 nitrogen and oxygen atoms in total. The Labute approximate surface area is 525 Å². The van der Waals surface area contributed by atoms with E-state index >= 15 is 4.79 Å². The van der Waals surface area contributed by atoms with Crippen molar-refractivity contribution in [2.45, 2.75) is 122 Å². The summed E-state index contributed by atoms with van der Waals surface area (Å²) >= 11 is 0. The molecule has 4 aliphatic rings. The number of aliphatic hydroxyl groups is 3. The molecule has 472 valence electrons. The Morgan fingerprint density at radius 3 is 1.76 bits per heavy atom. The monoisotopic (exact) mass is 1220 g/mol. The Hall–Kier alpha value is -8.58. The van der Waals surface area contributed by atoms with Crippen LogP contribution in [0.2, 0.25) is 0 Å². The number of nitrogens with one attached hydrogen (secondary N) is 1. The Kier molecular flexibility index (Phi) is 20.2. The lowest BCUT2D eigenvalue weighted by atomic mass is 9.44. The molecule has 2 bridgehead atoms. The Morgan fingerprint density at radius 1 is 0.700 bits per heavy atom. The fourth-order valence-electron chi connectivity index (χ4n) is 13.5. The Balaban J connectivity index is 0.000000285. The van der Waals surface area contributed by atoms with Gasteiger partial charge in [0, 0.05) is 44.2 Å². The van der Waals surface area contributed by atoms with Gasteiger partial charge in [0.1, 0.15) is 36.3 Å². The second-order valence-corrected chi connectivity index (χ2v) is 24.5. The zero-order valence-electron chi connectivity index (χ0n) is 52.3. The zero-order chi connectivity index (χ0) is 64.7. The predicted octanol–water partition coefficient (Wildman–Crippen LogP) is 9.73. The fraction of sp³-hybridized carbons (Fsp3) is 0.370. The van der Waals surface area contributed by atoms with Crippen LogP contribution in [0.15, 0.2) is 187 Å². The predicted molar refractivity (Wildman–Crippen MR) is 337 cm³/mol. The van der Waals surface area contributed by atoms with E-state index < -0.39 is 113 Å². The number of hydrogen-bond acceptors (Lipinski definition) is 16. The number of esters is 4. The SMILES string of the molecule is CC(=O)O[C@H]1C(=O)[C@@]2(C)[C@H]([C@H](OC(=O)c3ccccc3)[C@]3(O)C[C@H](OC(=O)[C@H](O)[C@@H](NC(=O)c4ccccc4)c4ccccc4)C(C)=C1C3(C)C)[C@]1(OC(C)=O)CO[C@@H]1C[C@@H]2O.CC/C(=C(\c1ccccc1)c1ccc(OCCN(C)C)cc1)c1ccccc1. The number of carbonyl (C=O) groups excluding carboxylic acids is 6. The van der Waals surface area contributed by atoms with Crippen molar-refractivity contribution in [3.8, 4) is 5.75 Å². The van der Waals surface area contributed by atoms with E-state index in [0.29, 0.717) is 12.2 Å². The number of fused-ring (bicyclic) bond motifs is 5. The zero-order valence-corrected chi connectivity index (χ0v) is 52.3. The van der Waals surface area contributed by atoms with Gasteiger partial charge in [0.05, 0.1) is 35.6 Å². The van der Waals surface area contributed by atoms with Crippen LogP contribution in [0, 0.1) is 16.7 Å². The molecule has 0 spiro atoms. The molecule has 17 heteroatoms. The van der Waals surface area contributed by atoms with Crippen LogP contribution in [0.5, 0.6) is 5.75 Å². The van der Waals surface area contributed by atoms with Crippen LogP contribution >= 0.6 is 0 Å². The number of Topliss-reactive ketones (excluding diaryl/α,β-unsaturated/α-hetero) is 1. The van der Waals surface area contributed by atoms with Crippen LogP contribution in [0.3, 0.4) is 0 Å². The van der Waals surface area contributed by atoms with E-state index in [9.17, 15) is 39.3 Å². The number of rotatable bonds is 18. The molecule has 6 aromatic rings. The number of ether oxygens (including phenoxy) is 6. The smallest absolute Gasteiger partial charge is 0.338 e. The van der Waals surface area contributed by atoms with Gasteiger partial charge in [0.25, 0.3) is 5.91 Å². The lowest BCUT2D eigenvalue weighted by Crippen LogP contribution is -2.82. The first-order valence-electron chi connectivity index (χ1n) is 30.4. The second-order valence-electron chi connectivity index (χ2n) is 24.5. The van der Waals surface area contributed by atoms with E-state index in [1.807, 2.05) is 0 Å². The molecule has 0 unspecified atom stereocenters.